The molecule has 1 aliphatic rings. The first-order valence-corrected chi connectivity index (χ1v) is 9.67. The van der Waals surface area contributed by atoms with Gasteiger partial charge in [0.15, 0.2) is 5.96 Å². The van der Waals surface area contributed by atoms with Gasteiger partial charge in [0, 0.05) is 43.9 Å². The molecular weight excluding hydrogens is 449 g/mol. The van der Waals surface area contributed by atoms with Gasteiger partial charge in [-0.3, -0.25) is 9.67 Å². The van der Waals surface area contributed by atoms with Crippen LogP contribution in [0.1, 0.15) is 49.2 Å². The van der Waals surface area contributed by atoms with Gasteiger partial charge in [0.05, 0.1) is 5.69 Å². The van der Waals surface area contributed by atoms with Crippen molar-refractivity contribution >= 4 is 29.9 Å². The maximum Gasteiger partial charge on any atom is 0.191 e. The lowest BCUT2D eigenvalue weighted by molar-refractivity contribution is 0.644. The van der Waals surface area contributed by atoms with Gasteiger partial charge in [-0.1, -0.05) is 44.2 Å². The second kappa shape index (κ2) is 9.57. The van der Waals surface area contributed by atoms with Gasteiger partial charge in [0.25, 0.3) is 0 Å². The van der Waals surface area contributed by atoms with Crippen LogP contribution in [0.25, 0.3) is 0 Å². The molecule has 0 aliphatic heterocycles. The van der Waals surface area contributed by atoms with Crippen LogP contribution < -0.4 is 10.6 Å². The Bertz CT molecular complexity index is 762. The maximum absolute atomic E-state index is 4.65. The lowest BCUT2D eigenvalue weighted by atomic mass is 9.96. The molecule has 0 spiro atoms. The second-order valence-electron chi connectivity index (χ2n) is 7.13. The standard InChI is InChI=1S/C21H31N5.HI/c1-5-18-17(19(6-2)26(4)25-18)14-23-20(22-3)24-15-21(12-13-21)16-10-8-7-9-11-16;/h7-11H,5-6,12-15H2,1-4H3,(H2,22,23,24);1H. The van der Waals surface area contributed by atoms with Gasteiger partial charge in [-0.15, -0.1) is 24.0 Å². The third-order valence-corrected chi connectivity index (χ3v) is 5.52. The van der Waals surface area contributed by atoms with Gasteiger partial charge in [0.1, 0.15) is 0 Å². The minimum absolute atomic E-state index is 0. The third-order valence-electron chi connectivity index (χ3n) is 5.52. The molecule has 1 aliphatic carbocycles. The largest absolute Gasteiger partial charge is 0.356 e. The molecule has 0 saturated heterocycles. The van der Waals surface area contributed by atoms with Crippen LogP contribution in [0.5, 0.6) is 0 Å². The molecule has 0 atom stereocenters. The maximum atomic E-state index is 4.65. The third kappa shape index (κ3) is 4.83. The number of aromatic nitrogens is 2. The van der Waals surface area contributed by atoms with Crippen LogP contribution >= 0.6 is 24.0 Å². The van der Waals surface area contributed by atoms with Crippen LogP contribution in [0, 0.1) is 0 Å². The molecular formula is C21H32IN5. The van der Waals surface area contributed by atoms with Crippen molar-refractivity contribution in [3.05, 3.63) is 52.8 Å². The highest BCUT2D eigenvalue weighted by Crippen LogP contribution is 2.47. The summed E-state index contributed by atoms with van der Waals surface area (Å²) in [6.45, 7) is 6.03. The minimum atomic E-state index is 0. The van der Waals surface area contributed by atoms with E-state index in [1.807, 2.05) is 18.8 Å². The van der Waals surface area contributed by atoms with Gasteiger partial charge in [-0.05, 0) is 31.2 Å². The Hall–Kier alpha value is -1.57. The zero-order chi connectivity index (χ0) is 18.6. The van der Waals surface area contributed by atoms with Gasteiger partial charge in [-0.2, -0.15) is 5.10 Å². The van der Waals surface area contributed by atoms with Crippen molar-refractivity contribution in [2.45, 2.75) is 51.5 Å². The molecule has 0 amide bonds. The Kier molecular flexibility index (Phi) is 7.70. The summed E-state index contributed by atoms with van der Waals surface area (Å²) in [5.74, 6) is 0.861. The van der Waals surface area contributed by atoms with Crippen molar-refractivity contribution in [2.75, 3.05) is 13.6 Å². The number of aliphatic imine (C=N–C) groups is 1. The highest BCUT2D eigenvalue weighted by molar-refractivity contribution is 14.0. The fourth-order valence-electron chi connectivity index (χ4n) is 3.75. The highest BCUT2D eigenvalue weighted by atomic mass is 127. The van der Waals surface area contributed by atoms with Crippen molar-refractivity contribution in [3.63, 3.8) is 0 Å². The number of hydrogen-bond acceptors (Lipinski definition) is 2. The van der Waals surface area contributed by atoms with Crippen LogP contribution in [0.3, 0.4) is 0 Å². The lowest BCUT2D eigenvalue weighted by Crippen LogP contribution is -2.41. The summed E-state index contributed by atoms with van der Waals surface area (Å²) < 4.78 is 2.01. The van der Waals surface area contributed by atoms with Crippen LogP contribution in [0.2, 0.25) is 0 Å². The molecule has 6 heteroatoms. The average Bonchev–Trinajstić information content (AvgIpc) is 3.40. The first-order chi connectivity index (χ1) is 12.6. The van der Waals surface area contributed by atoms with E-state index in [2.05, 4.69) is 64.9 Å². The molecule has 148 valence electrons. The summed E-state index contributed by atoms with van der Waals surface area (Å²) in [6.07, 6.45) is 4.42. The Morgan fingerprint density at radius 2 is 1.85 bits per heavy atom. The molecule has 5 nitrogen and oxygen atoms in total. The number of hydrogen-bond donors (Lipinski definition) is 2. The smallest absolute Gasteiger partial charge is 0.191 e. The predicted molar refractivity (Wildman–Crippen MR) is 123 cm³/mol. The van der Waals surface area contributed by atoms with Crippen LogP contribution in [-0.4, -0.2) is 29.3 Å². The fourth-order valence-corrected chi connectivity index (χ4v) is 3.75. The van der Waals surface area contributed by atoms with E-state index in [4.69, 9.17) is 0 Å². The van der Waals surface area contributed by atoms with E-state index in [1.54, 1.807) is 0 Å². The second-order valence-corrected chi connectivity index (χ2v) is 7.13. The van der Waals surface area contributed by atoms with E-state index in [-0.39, 0.29) is 29.4 Å². The lowest BCUT2D eigenvalue weighted by Gasteiger charge is -2.19. The van der Waals surface area contributed by atoms with Crippen molar-refractivity contribution in [2.24, 2.45) is 12.0 Å². The summed E-state index contributed by atoms with van der Waals surface area (Å²) in [5.41, 5.74) is 5.49. The number of benzene rings is 1. The monoisotopic (exact) mass is 481 g/mol. The molecule has 0 radical (unpaired) electrons. The molecule has 2 N–H and O–H groups in total. The molecule has 1 aromatic heterocycles. The number of halogens is 1. The summed E-state index contributed by atoms with van der Waals surface area (Å²) >= 11 is 0. The Morgan fingerprint density at radius 3 is 2.41 bits per heavy atom. The molecule has 2 aromatic rings. The Labute approximate surface area is 180 Å². The van der Waals surface area contributed by atoms with Gasteiger partial charge >= 0.3 is 0 Å². The SMILES string of the molecule is CCc1nn(C)c(CC)c1CNC(=NC)NCC1(c2ccccc2)CC1.I. The zero-order valence-electron chi connectivity index (χ0n) is 16.9. The summed E-state index contributed by atoms with van der Waals surface area (Å²) in [5, 5.41) is 11.7. The van der Waals surface area contributed by atoms with Crippen molar-refractivity contribution in [1.82, 2.24) is 20.4 Å². The molecule has 27 heavy (non-hydrogen) atoms. The fraction of sp³-hybridized carbons (Fsp3) is 0.524. The number of guanidine groups is 1. The first-order valence-electron chi connectivity index (χ1n) is 9.67. The topological polar surface area (TPSA) is 54.2 Å². The van der Waals surface area contributed by atoms with E-state index in [0.29, 0.717) is 0 Å². The summed E-state index contributed by atoms with van der Waals surface area (Å²) in [7, 11) is 3.87. The van der Waals surface area contributed by atoms with E-state index in [9.17, 15) is 0 Å². The summed E-state index contributed by atoms with van der Waals surface area (Å²) in [6, 6.07) is 10.8. The van der Waals surface area contributed by atoms with Crippen LogP contribution in [0.15, 0.2) is 35.3 Å². The number of nitrogens with zero attached hydrogens (tertiary/aromatic N) is 3. The number of nitrogens with one attached hydrogen (secondary N) is 2. The zero-order valence-corrected chi connectivity index (χ0v) is 19.2. The van der Waals surface area contributed by atoms with Crippen LogP contribution in [0.4, 0.5) is 0 Å². The normalized spacial score (nSPS) is 15.2. The van der Waals surface area contributed by atoms with Gasteiger partial charge < -0.3 is 10.6 Å². The van der Waals surface area contributed by atoms with Gasteiger partial charge in [0.2, 0.25) is 0 Å². The van der Waals surface area contributed by atoms with Crippen molar-refractivity contribution in [1.29, 1.82) is 0 Å². The molecule has 1 heterocycles. The van der Waals surface area contributed by atoms with E-state index in [1.165, 1.54) is 35.4 Å². The Balaban J connectivity index is 0.00000261. The predicted octanol–water partition coefficient (Wildman–Crippen LogP) is 3.56. The molecule has 1 aromatic carbocycles. The van der Waals surface area contributed by atoms with E-state index in [0.717, 1.165) is 31.9 Å². The van der Waals surface area contributed by atoms with Gasteiger partial charge in [-0.25, -0.2) is 0 Å². The molecule has 0 bridgehead atoms. The minimum Gasteiger partial charge on any atom is -0.356 e. The molecule has 1 saturated carbocycles. The quantitative estimate of drug-likeness (QED) is 0.361. The molecule has 0 unspecified atom stereocenters. The average molecular weight is 481 g/mol. The van der Waals surface area contributed by atoms with Crippen molar-refractivity contribution < 1.29 is 0 Å². The number of aryl methyl sites for hydroxylation is 2. The van der Waals surface area contributed by atoms with Crippen molar-refractivity contribution in [3.8, 4) is 0 Å². The van der Waals surface area contributed by atoms with Crippen LogP contribution in [-0.2, 0) is 31.8 Å². The first kappa shape index (κ1) is 21.7. The van der Waals surface area contributed by atoms with E-state index < -0.39 is 0 Å². The Morgan fingerprint density at radius 1 is 1.15 bits per heavy atom. The molecule has 3 rings (SSSR count). The number of rotatable bonds is 7. The summed E-state index contributed by atoms with van der Waals surface area (Å²) in [4.78, 5) is 4.41. The molecule has 1 fully saturated rings. The highest BCUT2D eigenvalue weighted by Gasteiger charge is 2.44. The van der Waals surface area contributed by atoms with E-state index >= 15 is 0 Å².